The number of carbonyl (C=O) groups is 2. The van der Waals surface area contributed by atoms with Gasteiger partial charge in [0.15, 0.2) is 0 Å². The Morgan fingerprint density at radius 2 is 2.05 bits per heavy atom. The summed E-state index contributed by atoms with van der Waals surface area (Å²) in [6.07, 6.45) is 0. The number of hydrogen-bond donors (Lipinski definition) is 2. The second kappa shape index (κ2) is 5.41. The van der Waals surface area contributed by atoms with Crippen molar-refractivity contribution in [3.8, 4) is 0 Å². The first-order valence-corrected chi connectivity index (χ1v) is 6.61. The van der Waals surface area contributed by atoms with Crippen molar-refractivity contribution in [1.29, 1.82) is 0 Å². The molecule has 9 heteroatoms. The summed E-state index contributed by atoms with van der Waals surface area (Å²) in [5.74, 6) is -2.01. The molecule has 2 N–H and O–H groups in total. The maximum Gasteiger partial charge on any atom is 0.341 e. The Balaban J connectivity index is 3.10. The van der Waals surface area contributed by atoms with Crippen LogP contribution in [0.3, 0.4) is 0 Å². The molecule has 0 saturated heterocycles. The van der Waals surface area contributed by atoms with Crippen LogP contribution in [0.15, 0.2) is 15.6 Å². The summed E-state index contributed by atoms with van der Waals surface area (Å²) >= 11 is 0. The smallest absolute Gasteiger partial charge is 0.341 e. The van der Waals surface area contributed by atoms with E-state index in [2.05, 4.69) is 4.74 Å². The first-order valence-electron chi connectivity index (χ1n) is 5.13. The Hall–Kier alpha value is -1.87. The van der Waals surface area contributed by atoms with Crippen molar-refractivity contribution < 1.29 is 32.3 Å². The summed E-state index contributed by atoms with van der Waals surface area (Å²) in [5.41, 5.74) is -0.0362. The Bertz CT molecular complexity index is 601. The number of sulfonamides is 1. The van der Waals surface area contributed by atoms with E-state index in [0.29, 0.717) is 0 Å². The van der Waals surface area contributed by atoms with E-state index >= 15 is 0 Å². The predicted molar refractivity (Wildman–Crippen MR) is 62.2 cm³/mol. The summed E-state index contributed by atoms with van der Waals surface area (Å²) in [6, 6.07) is -0.338. The van der Waals surface area contributed by atoms with Crippen molar-refractivity contribution in [3.05, 3.63) is 17.4 Å². The molecule has 19 heavy (non-hydrogen) atoms. The fraction of sp³-hybridized carbons (Fsp3) is 0.400. The van der Waals surface area contributed by atoms with Crippen LogP contribution in [0.2, 0.25) is 0 Å². The van der Waals surface area contributed by atoms with Crippen LogP contribution in [-0.2, 0) is 19.6 Å². The number of rotatable bonds is 5. The molecule has 0 aliphatic rings. The normalized spacial score (nSPS) is 13.0. The third kappa shape index (κ3) is 3.32. The molecule has 0 aromatic carbocycles. The van der Waals surface area contributed by atoms with Crippen LogP contribution in [0.5, 0.6) is 0 Å². The number of ether oxygens (including phenoxy) is 1. The Morgan fingerprint density at radius 3 is 2.53 bits per heavy atom. The van der Waals surface area contributed by atoms with E-state index in [4.69, 9.17) is 9.52 Å². The minimum absolute atomic E-state index is 0.0362. The lowest BCUT2D eigenvalue weighted by Gasteiger charge is -2.07. The van der Waals surface area contributed by atoms with Gasteiger partial charge in [-0.15, -0.1) is 0 Å². The third-order valence-electron chi connectivity index (χ3n) is 2.27. The standard InChI is InChI=1S/C10H13NO7S/c1-5(9(12)13)11-19(15,16)8-4-7(6(2)18-8)10(14)17-3/h4-5,11H,1-3H3,(H,12,13)/t5-/m0/s1. The maximum absolute atomic E-state index is 11.8. The van der Waals surface area contributed by atoms with Gasteiger partial charge in [0.1, 0.15) is 17.4 Å². The summed E-state index contributed by atoms with van der Waals surface area (Å²) in [5, 5.41) is 8.10. The molecule has 1 rings (SSSR count). The van der Waals surface area contributed by atoms with Gasteiger partial charge in [-0.05, 0) is 13.8 Å². The predicted octanol–water partition coefficient (Wildman–Crippen LogP) is 0.126. The average Bonchev–Trinajstić information content (AvgIpc) is 2.70. The molecule has 0 saturated carbocycles. The average molecular weight is 291 g/mol. The van der Waals surface area contributed by atoms with Crippen LogP contribution < -0.4 is 4.72 Å². The van der Waals surface area contributed by atoms with E-state index in [1.54, 1.807) is 0 Å². The van der Waals surface area contributed by atoms with Gasteiger partial charge in [-0.3, -0.25) is 4.79 Å². The highest BCUT2D eigenvalue weighted by molar-refractivity contribution is 7.89. The Labute approximate surface area is 109 Å². The van der Waals surface area contributed by atoms with Crippen molar-refractivity contribution in [3.63, 3.8) is 0 Å². The fourth-order valence-electron chi connectivity index (χ4n) is 1.24. The van der Waals surface area contributed by atoms with Crippen molar-refractivity contribution in [2.24, 2.45) is 0 Å². The number of aryl methyl sites for hydroxylation is 1. The molecule has 0 spiro atoms. The van der Waals surface area contributed by atoms with E-state index in [0.717, 1.165) is 20.1 Å². The third-order valence-corrected chi connectivity index (χ3v) is 3.66. The number of carboxylic acid groups (broad SMARTS) is 1. The number of esters is 1. The van der Waals surface area contributed by atoms with Gasteiger partial charge in [-0.1, -0.05) is 0 Å². The zero-order valence-electron chi connectivity index (χ0n) is 10.5. The molecule has 1 aromatic heterocycles. The van der Waals surface area contributed by atoms with Crippen LogP contribution in [0, 0.1) is 6.92 Å². The highest BCUT2D eigenvalue weighted by atomic mass is 32.2. The van der Waals surface area contributed by atoms with Crippen LogP contribution in [0.25, 0.3) is 0 Å². The van der Waals surface area contributed by atoms with Crippen LogP contribution in [-0.4, -0.2) is 38.6 Å². The lowest BCUT2D eigenvalue weighted by molar-refractivity contribution is -0.138. The van der Waals surface area contributed by atoms with Gasteiger partial charge in [0.05, 0.1) is 7.11 Å². The zero-order valence-corrected chi connectivity index (χ0v) is 11.3. The van der Waals surface area contributed by atoms with Gasteiger partial charge in [-0.25, -0.2) is 13.2 Å². The van der Waals surface area contributed by atoms with Gasteiger partial charge < -0.3 is 14.3 Å². The summed E-state index contributed by atoms with van der Waals surface area (Å²) in [7, 11) is -3.01. The monoisotopic (exact) mass is 291 g/mol. The van der Waals surface area contributed by atoms with Crippen molar-refractivity contribution in [2.45, 2.75) is 25.0 Å². The summed E-state index contributed by atoms with van der Waals surface area (Å²) in [4.78, 5) is 21.9. The molecule has 0 unspecified atom stereocenters. The first-order chi connectivity index (χ1) is 8.69. The number of aliphatic carboxylic acids is 1. The fourth-order valence-corrected chi connectivity index (χ4v) is 2.43. The highest BCUT2D eigenvalue weighted by Crippen LogP contribution is 2.20. The largest absolute Gasteiger partial charge is 0.480 e. The molecule has 1 atom stereocenters. The van der Waals surface area contributed by atoms with Crippen LogP contribution in [0.1, 0.15) is 23.0 Å². The van der Waals surface area contributed by atoms with E-state index < -0.39 is 33.1 Å². The van der Waals surface area contributed by atoms with Gasteiger partial charge in [0.25, 0.3) is 10.0 Å². The Kier molecular flexibility index (Phi) is 4.32. The van der Waals surface area contributed by atoms with E-state index in [9.17, 15) is 18.0 Å². The van der Waals surface area contributed by atoms with E-state index in [1.807, 2.05) is 4.72 Å². The molecule has 8 nitrogen and oxygen atoms in total. The minimum Gasteiger partial charge on any atom is -0.480 e. The first kappa shape index (κ1) is 15.2. The molecule has 0 aliphatic carbocycles. The molecule has 0 amide bonds. The molecular weight excluding hydrogens is 278 g/mol. The number of carboxylic acids is 1. The summed E-state index contributed by atoms with van der Waals surface area (Å²) in [6.45, 7) is 2.56. The lowest BCUT2D eigenvalue weighted by atomic mass is 10.3. The highest BCUT2D eigenvalue weighted by Gasteiger charge is 2.27. The Morgan fingerprint density at radius 1 is 1.47 bits per heavy atom. The van der Waals surface area contributed by atoms with Crippen molar-refractivity contribution >= 4 is 22.0 Å². The number of nitrogens with one attached hydrogen (secondary N) is 1. The quantitative estimate of drug-likeness (QED) is 0.739. The second-order valence-corrected chi connectivity index (χ2v) is 5.35. The van der Waals surface area contributed by atoms with Gasteiger partial charge >= 0.3 is 11.9 Å². The number of methoxy groups -OCH3 is 1. The van der Waals surface area contributed by atoms with E-state index in [-0.39, 0.29) is 11.3 Å². The van der Waals surface area contributed by atoms with Gasteiger partial charge in [0, 0.05) is 6.07 Å². The number of hydrogen-bond acceptors (Lipinski definition) is 6. The molecule has 0 aliphatic heterocycles. The lowest BCUT2D eigenvalue weighted by Crippen LogP contribution is -2.38. The van der Waals surface area contributed by atoms with Crippen molar-refractivity contribution in [2.75, 3.05) is 7.11 Å². The van der Waals surface area contributed by atoms with Crippen LogP contribution in [0.4, 0.5) is 0 Å². The number of carbonyl (C=O) groups excluding carboxylic acids is 1. The van der Waals surface area contributed by atoms with Gasteiger partial charge in [0.2, 0.25) is 5.09 Å². The minimum atomic E-state index is -4.15. The second-order valence-electron chi connectivity index (χ2n) is 3.71. The van der Waals surface area contributed by atoms with Gasteiger partial charge in [-0.2, -0.15) is 4.72 Å². The SMILES string of the molecule is COC(=O)c1cc(S(=O)(=O)N[C@@H](C)C(=O)O)oc1C. The molecule has 1 aromatic rings. The van der Waals surface area contributed by atoms with Crippen molar-refractivity contribution in [1.82, 2.24) is 4.72 Å². The molecule has 0 fully saturated rings. The van der Waals surface area contributed by atoms with E-state index in [1.165, 1.54) is 6.92 Å². The molecule has 106 valence electrons. The molecule has 0 bridgehead atoms. The number of furan rings is 1. The zero-order chi connectivity index (χ0) is 14.8. The maximum atomic E-state index is 11.8. The van der Waals surface area contributed by atoms with Crippen LogP contribution >= 0.6 is 0 Å². The molecular formula is C10H13NO7S. The topological polar surface area (TPSA) is 123 Å². The molecule has 1 heterocycles. The summed E-state index contributed by atoms with van der Waals surface area (Å²) < 4.78 is 34.9. The molecule has 0 radical (unpaired) electrons.